The van der Waals surface area contributed by atoms with Crippen molar-refractivity contribution in [1.82, 2.24) is 4.72 Å². The Morgan fingerprint density at radius 1 is 1.04 bits per heavy atom. The van der Waals surface area contributed by atoms with E-state index in [1.807, 2.05) is 0 Å². The van der Waals surface area contributed by atoms with Crippen LogP contribution in [0, 0.1) is 0 Å². The fraction of sp³-hybridized carbons (Fsp3) is 0.200. The number of ether oxygens (including phenoxy) is 2. The average Bonchev–Trinajstić information content (AvgIpc) is 2.54. The molecule has 0 aromatic heterocycles. The van der Waals surface area contributed by atoms with Crippen molar-refractivity contribution < 1.29 is 17.9 Å². The summed E-state index contributed by atoms with van der Waals surface area (Å²) in [5, 5.41) is 0.374. The Labute approximate surface area is 145 Å². The van der Waals surface area contributed by atoms with Crippen molar-refractivity contribution in [3.8, 4) is 11.5 Å². The van der Waals surface area contributed by atoms with Gasteiger partial charge in [0.05, 0.1) is 24.8 Å². The van der Waals surface area contributed by atoms with Crippen molar-refractivity contribution in [2.24, 2.45) is 0 Å². The third kappa shape index (κ3) is 4.09. The molecule has 124 valence electrons. The molecule has 0 saturated carbocycles. The molecule has 2 rings (SSSR count). The van der Waals surface area contributed by atoms with E-state index in [0.29, 0.717) is 17.1 Å². The molecule has 0 saturated heterocycles. The van der Waals surface area contributed by atoms with Gasteiger partial charge in [-0.15, -0.1) is 0 Å². The quantitative estimate of drug-likeness (QED) is 0.838. The minimum atomic E-state index is -3.84. The van der Waals surface area contributed by atoms with Gasteiger partial charge in [-0.2, -0.15) is 0 Å². The molecule has 0 amide bonds. The molecule has 0 fully saturated rings. The molecule has 0 unspecified atom stereocenters. The van der Waals surface area contributed by atoms with Gasteiger partial charge in [-0.3, -0.25) is 0 Å². The normalized spacial score (nSPS) is 11.3. The summed E-state index contributed by atoms with van der Waals surface area (Å²) in [6.07, 6.45) is 0. The fourth-order valence-electron chi connectivity index (χ4n) is 2.03. The zero-order valence-corrected chi connectivity index (χ0v) is 14.8. The highest BCUT2D eigenvalue weighted by molar-refractivity contribution is 7.89. The molecule has 2 aromatic carbocycles. The maximum absolute atomic E-state index is 12.4. The lowest BCUT2D eigenvalue weighted by molar-refractivity contribution is 0.384. The summed E-state index contributed by atoms with van der Waals surface area (Å²) >= 11 is 11.8. The Hall–Kier alpha value is -1.47. The topological polar surface area (TPSA) is 64.6 Å². The van der Waals surface area contributed by atoms with E-state index in [2.05, 4.69) is 4.72 Å². The second-order valence-corrected chi connectivity index (χ2v) is 7.12. The Morgan fingerprint density at radius 2 is 1.65 bits per heavy atom. The van der Waals surface area contributed by atoms with Crippen LogP contribution in [-0.4, -0.2) is 22.6 Å². The minimum Gasteiger partial charge on any atom is -0.496 e. The van der Waals surface area contributed by atoms with E-state index in [9.17, 15) is 8.42 Å². The standard InChI is InChI=1S/C15H15Cl2NO4S/c1-21-13-4-3-5-14(22-2)11(13)9-18-23(19,20)15-8-10(16)6-7-12(15)17/h3-8,18H,9H2,1-2H3. The number of halogens is 2. The maximum Gasteiger partial charge on any atom is 0.242 e. The third-order valence-corrected chi connectivity index (χ3v) is 5.27. The van der Waals surface area contributed by atoms with Gasteiger partial charge in [0.15, 0.2) is 0 Å². The number of sulfonamides is 1. The minimum absolute atomic E-state index is 0.0155. The highest BCUT2D eigenvalue weighted by atomic mass is 35.5. The van der Waals surface area contributed by atoms with Gasteiger partial charge in [-0.1, -0.05) is 29.3 Å². The van der Waals surface area contributed by atoms with E-state index in [1.165, 1.54) is 32.4 Å². The molecule has 0 aliphatic rings. The van der Waals surface area contributed by atoms with Crippen LogP contribution in [0.1, 0.15) is 5.56 Å². The number of hydrogen-bond donors (Lipinski definition) is 1. The second-order valence-electron chi connectivity index (χ2n) is 4.54. The van der Waals surface area contributed by atoms with Gasteiger partial charge in [-0.25, -0.2) is 13.1 Å². The molecule has 0 spiro atoms. The highest BCUT2D eigenvalue weighted by Gasteiger charge is 2.20. The van der Waals surface area contributed by atoms with E-state index in [0.717, 1.165) is 0 Å². The van der Waals surface area contributed by atoms with Gasteiger partial charge in [0.25, 0.3) is 0 Å². The molecule has 1 N–H and O–H groups in total. The molecular formula is C15H15Cl2NO4S. The lowest BCUT2D eigenvalue weighted by atomic mass is 10.2. The summed E-state index contributed by atoms with van der Waals surface area (Å²) < 4.78 is 37.8. The van der Waals surface area contributed by atoms with Gasteiger partial charge in [0.1, 0.15) is 16.4 Å². The summed E-state index contributed by atoms with van der Waals surface area (Å²) in [5.74, 6) is 1.04. The Morgan fingerprint density at radius 3 is 2.22 bits per heavy atom. The van der Waals surface area contributed by atoms with Gasteiger partial charge in [0, 0.05) is 11.6 Å². The molecule has 0 aliphatic carbocycles. The van der Waals surface area contributed by atoms with Gasteiger partial charge in [0.2, 0.25) is 10.0 Å². The van der Waals surface area contributed by atoms with E-state index < -0.39 is 10.0 Å². The van der Waals surface area contributed by atoms with Crippen LogP contribution in [0.2, 0.25) is 10.0 Å². The molecule has 0 heterocycles. The van der Waals surface area contributed by atoms with Crippen LogP contribution in [0.25, 0.3) is 0 Å². The largest absolute Gasteiger partial charge is 0.496 e. The fourth-order valence-corrected chi connectivity index (χ4v) is 3.79. The Balaban J connectivity index is 2.32. The van der Waals surface area contributed by atoms with Crippen molar-refractivity contribution in [2.45, 2.75) is 11.4 Å². The zero-order valence-electron chi connectivity index (χ0n) is 12.5. The average molecular weight is 376 g/mol. The van der Waals surface area contributed by atoms with Gasteiger partial charge in [-0.05, 0) is 30.3 Å². The Bertz CT molecular complexity index is 787. The first-order valence-corrected chi connectivity index (χ1v) is 8.77. The predicted molar refractivity (Wildman–Crippen MR) is 90.0 cm³/mol. The Kier molecular flexibility index (Phi) is 5.75. The van der Waals surface area contributed by atoms with E-state index in [-0.39, 0.29) is 21.5 Å². The molecular weight excluding hydrogens is 361 g/mol. The summed E-state index contributed by atoms with van der Waals surface area (Å²) in [5.41, 5.74) is 0.583. The smallest absolute Gasteiger partial charge is 0.242 e. The van der Waals surface area contributed by atoms with Crippen molar-refractivity contribution in [2.75, 3.05) is 14.2 Å². The number of methoxy groups -OCH3 is 2. The van der Waals surface area contributed by atoms with Crippen LogP contribution in [0.4, 0.5) is 0 Å². The first kappa shape index (κ1) is 17.9. The van der Waals surface area contributed by atoms with Crippen LogP contribution in [0.5, 0.6) is 11.5 Å². The number of benzene rings is 2. The molecule has 8 heteroatoms. The second kappa shape index (κ2) is 7.40. The molecule has 23 heavy (non-hydrogen) atoms. The molecule has 0 atom stereocenters. The third-order valence-electron chi connectivity index (χ3n) is 3.15. The number of nitrogens with one attached hydrogen (secondary N) is 1. The van der Waals surface area contributed by atoms with Crippen LogP contribution >= 0.6 is 23.2 Å². The predicted octanol–water partition coefficient (Wildman–Crippen LogP) is 3.49. The molecule has 0 bridgehead atoms. The highest BCUT2D eigenvalue weighted by Crippen LogP contribution is 2.29. The van der Waals surface area contributed by atoms with E-state index in [1.54, 1.807) is 18.2 Å². The van der Waals surface area contributed by atoms with Crippen LogP contribution in [-0.2, 0) is 16.6 Å². The van der Waals surface area contributed by atoms with Crippen LogP contribution < -0.4 is 14.2 Å². The molecule has 5 nitrogen and oxygen atoms in total. The first-order chi connectivity index (χ1) is 10.9. The maximum atomic E-state index is 12.4. The van der Waals surface area contributed by atoms with Gasteiger partial charge >= 0.3 is 0 Å². The lowest BCUT2D eigenvalue weighted by Crippen LogP contribution is -2.24. The van der Waals surface area contributed by atoms with Crippen molar-refractivity contribution in [3.05, 3.63) is 52.0 Å². The van der Waals surface area contributed by atoms with E-state index >= 15 is 0 Å². The van der Waals surface area contributed by atoms with Crippen molar-refractivity contribution in [1.29, 1.82) is 0 Å². The van der Waals surface area contributed by atoms with Crippen molar-refractivity contribution >= 4 is 33.2 Å². The first-order valence-electron chi connectivity index (χ1n) is 6.53. The lowest BCUT2D eigenvalue weighted by Gasteiger charge is -2.14. The summed E-state index contributed by atoms with van der Waals surface area (Å²) in [6.45, 7) is -0.0155. The van der Waals surface area contributed by atoms with Crippen LogP contribution in [0.15, 0.2) is 41.3 Å². The zero-order chi connectivity index (χ0) is 17.0. The summed E-state index contributed by atoms with van der Waals surface area (Å²) in [7, 11) is -0.838. The summed E-state index contributed by atoms with van der Waals surface area (Å²) in [6, 6.07) is 9.44. The summed E-state index contributed by atoms with van der Waals surface area (Å²) in [4.78, 5) is -0.0828. The van der Waals surface area contributed by atoms with Crippen molar-refractivity contribution in [3.63, 3.8) is 0 Å². The van der Waals surface area contributed by atoms with E-state index in [4.69, 9.17) is 32.7 Å². The number of rotatable bonds is 6. The van der Waals surface area contributed by atoms with Gasteiger partial charge < -0.3 is 9.47 Å². The SMILES string of the molecule is COc1cccc(OC)c1CNS(=O)(=O)c1cc(Cl)ccc1Cl. The molecule has 0 radical (unpaired) electrons. The monoisotopic (exact) mass is 375 g/mol. The molecule has 0 aliphatic heterocycles. The molecule has 2 aromatic rings. The van der Waals surface area contributed by atoms with Crippen LogP contribution in [0.3, 0.4) is 0 Å². The number of hydrogen-bond acceptors (Lipinski definition) is 4.